The molecule has 18 heavy (non-hydrogen) atoms. The van der Waals surface area contributed by atoms with Crippen LogP contribution < -0.4 is 4.74 Å². The summed E-state index contributed by atoms with van der Waals surface area (Å²) >= 11 is 5.84. The molecule has 0 aromatic heterocycles. The SMILES string of the molecule is CCCCC(Oc1ccc(F)cc1Cl)C(=O)OC. The van der Waals surface area contributed by atoms with E-state index in [4.69, 9.17) is 16.3 Å². The Bertz CT molecular complexity index is 409. The summed E-state index contributed by atoms with van der Waals surface area (Å²) < 4.78 is 23.0. The molecule has 5 heteroatoms. The van der Waals surface area contributed by atoms with E-state index >= 15 is 0 Å². The van der Waals surface area contributed by atoms with Gasteiger partial charge in [-0.2, -0.15) is 0 Å². The Morgan fingerprint density at radius 3 is 2.78 bits per heavy atom. The number of ether oxygens (including phenoxy) is 2. The number of methoxy groups -OCH3 is 1. The zero-order valence-corrected chi connectivity index (χ0v) is 11.2. The van der Waals surface area contributed by atoms with Crippen molar-refractivity contribution in [2.75, 3.05) is 7.11 Å². The largest absolute Gasteiger partial charge is 0.477 e. The highest BCUT2D eigenvalue weighted by Crippen LogP contribution is 2.26. The molecule has 0 heterocycles. The molecule has 1 atom stereocenters. The molecule has 0 bridgehead atoms. The molecule has 0 aliphatic heterocycles. The summed E-state index contributed by atoms with van der Waals surface area (Å²) in [5, 5.41) is 0.139. The second kappa shape index (κ2) is 7.21. The van der Waals surface area contributed by atoms with Crippen molar-refractivity contribution in [2.24, 2.45) is 0 Å². The average Bonchev–Trinajstić information content (AvgIpc) is 2.36. The van der Waals surface area contributed by atoms with E-state index in [1.54, 1.807) is 0 Å². The van der Waals surface area contributed by atoms with Gasteiger partial charge in [-0.15, -0.1) is 0 Å². The van der Waals surface area contributed by atoms with Gasteiger partial charge >= 0.3 is 5.97 Å². The molecule has 0 aliphatic carbocycles. The van der Waals surface area contributed by atoms with E-state index in [9.17, 15) is 9.18 Å². The molecule has 3 nitrogen and oxygen atoms in total. The summed E-state index contributed by atoms with van der Waals surface area (Å²) in [5.41, 5.74) is 0. The van der Waals surface area contributed by atoms with Crippen LogP contribution >= 0.6 is 11.6 Å². The number of rotatable bonds is 6. The summed E-state index contributed by atoms with van der Waals surface area (Å²) in [5.74, 6) is -0.621. The summed E-state index contributed by atoms with van der Waals surface area (Å²) in [6, 6.07) is 3.78. The highest BCUT2D eigenvalue weighted by molar-refractivity contribution is 6.32. The van der Waals surface area contributed by atoms with Gasteiger partial charge in [0.05, 0.1) is 12.1 Å². The Morgan fingerprint density at radius 1 is 1.50 bits per heavy atom. The molecule has 0 fully saturated rings. The number of unbranched alkanes of at least 4 members (excludes halogenated alkanes) is 1. The lowest BCUT2D eigenvalue weighted by Gasteiger charge is -2.17. The Hall–Kier alpha value is -1.29. The Morgan fingerprint density at radius 2 is 2.22 bits per heavy atom. The third-order valence-electron chi connectivity index (χ3n) is 2.45. The van der Waals surface area contributed by atoms with Gasteiger partial charge in [0, 0.05) is 0 Å². The van der Waals surface area contributed by atoms with Crippen molar-refractivity contribution in [1.82, 2.24) is 0 Å². The van der Waals surface area contributed by atoms with Crippen LogP contribution in [0.1, 0.15) is 26.2 Å². The van der Waals surface area contributed by atoms with Gasteiger partial charge < -0.3 is 9.47 Å². The molecule has 0 aliphatic rings. The molecular formula is C13H16ClFO3. The summed E-state index contributed by atoms with van der Waals surface area (Å²) in [6.07, 6.45) is 1.60. The monoisotopic (exact) mass is 274 g/mol. The number of esters is 1. The third-order valence-corrected chi connectivity index (χ3v) is 2.74. The lowest BCUT2D eigenvalue weighted by molar-refractivity contribution is -0.149. The second-order valence-corrected chi connectivity index (χ2v) is 4.25. The summed E-state index contributed by atoms with van der Waals surface area (Å²) in [7, 11) is 1.30. The standard InChI is InChI=1S/C13H16ClFO3/c1-3-4-5-12(13(16)17-2)18-11-7-6-9(15)8-10(11)14/h6-8,12H,3-5H2,1-2H3. The Labute approximate surface area is 111 Å². The lowest BCUT2D eigenvalue weighted by Crippen LogP contribution is -2.28. The van der Waals surface area contributed by atoms with Gasteiger partial charge in [0.1, 0.15) is 11.6 Å². The second-order valence-electron chi connectivity index (χ2n) is 3.85. The van der Waals surface area contributed by atoms with Crippen LogP contribution in [0.15, 0.2) is 18.2 Å². The summed E-state index contributed by atoms with van der Waals surface area (Å²) in [6.45, 7) is 2.01. The first-order valence-electron chi connectivity index (χ1n) is 5.78. The molecule has 0 saturated heterocycles. The third kappa shape index (κ3) is 4.18. The van der Waals surface area contributed by atoms with Crippen molar-refractivity contribution in [3.05, 3.63) is 29.0 Å². The fourth-order valence-corrected chi connectivity index (χ4v) is 1.68. The fourth-order valence-electron chi connectivity index (χ4n) is 1.47. The van der Waals surface area contributed by atoms with E-state index in [1.165, 1.54) is 19.2 Å². The minimum Gasteiger partial charge on any atom is -0.477 e. The number of benzene rings is 1. The van der Waals surface area contributed by atoms with Gasteiger partial charge in [-0.05, 0) is 31.0 Å². The zero-order valence-electron chi connectivity index (χ0n) is 10.4. The van der Waals surface area contributed by atoms with Crippen molar-refractivity contribution < 1.29 is 18.7 Å². The van der Waals surface area contributed by atoms with E-state index in [0.717, 1.165) is 18.9 Å². The van der Waals surface area contributed by atoms with Crippen LogP contribution in [0.3, 0.4) is 0 Å². The number of hydrogen-bond donors (Lipinski definition) is 0. The summed E-state index contributed by atoms with van der Waals surface area (Å²) in [4.78, 5) is 11.5. The quantitative estimate of drug-likeness (QED) is 0.744. The van der Waals surface area contributed by atoms with Crippen LogP contribution in [0.2, 0.25) is 5.02 Å². The van der Waals surface area contributed by atoms with Crippen LogP contribution in [-0.4, -0.2) is 19.2 Å². The number of hydrogen-bond acceptors (Lipinski definition) is 3. The van der Waals surface area contributed by atoms with Crippen LogP contribution in [0.5, 0.6) is 5.75 Å². The van der Waals surface area contributed by atoms with Crippen molar-refractivity contribution in [3.63, 3.8) is 0 Å². The molecule has 100 valence electrons. The van der Waals surface area contributed by atoms with Gasteiger partial charge in [-0.1, -0.05) is 24.9 Å². The van der Waals surface area contributed by atoms with Crippen molar-refractivity contribution in [1.29, 1.82) is 0 Å². The van der Waals surface area contributed by atoms with E-state index in [-0.39, 0.29) is 10.8 Å². The maximum absolute atomic E-state index is 12.9. The van der Waals surface area contributed by atoms with Crippen LogP contribution in [0, 0.1) is 5.82 Å². The number of carbonyl (C=O) groups excluding carboxylic acids is 1. The highest BCUT2D eigenvalue weighted by Gasteiger charge is 2.21. The number of carbonyl (C=O) groups is 1. The smallest absolute Gasteiger partial charge is 0.347 e. The molecule has 0 radical (unpaired) electrons. The fraction of sp³-hybridized carbons (Fsp3) is 0.462. The highest BCUT2D eigenvalue weighted by atomic mass is 35.5. The molecular weight excluding hydrogens is 259 g/mol. The van der Waals surface area contributed by atoms with E-state index < -0.39 is 17.9 Å². The topological polar surface area (TPSA) is 35.5 Å². The van der Waals surface area contributed by atoms with E-state index in [0.29, 0.717) is 6.42 Å². The molecule has 1 aromatic rings. The van der Waals surface area contributed by atoms with Gasteiger partial charge in [-0.25, -0.2) is 9.18 Å². The number of halogens is 2. The van der Waals surface area contributed by atoms with Crippen LogP contribution in [0.4, 0.5) is 4.39 Å². The first kappa shape index (κ1) is 14.8. The molecule has 0 N–H and O–H groups in total. The molecule has 1 aromatic carbocycles. The first-order chi connectivity index (χ1) is 8.58. The van der Waals surface area contributed by atoms with Crippen molar-refractivity contribution >= 4 is 17.6 Å². The van der Waals surface area contributed by atoms with E-state index in [2.05, 4.69) is 4.74 Å². The van der Waals surface area contributed by atoms with Gasteiger partial charge in [0.2, 0.25) is 0 Å². The molecule has 0 amide bonds. The predicted molar refractivity (Wildman–Crippen MR) is 67.4 cm³/mol. The Kier molecular flexibility index (Phi) is 5.92. The van der Waals surface area contributed by atoms with Crippen LogP contribution in [-0.2, 0) is 9.53 Å². The van der Waals surface area contributed by atoms with Gasteiger partial charge in [0.15, 0.2) is 6.10 Å². The average molecular weight is 275 g/mol. The maximum atomic E-state index is 12.9. The molecule has 1 unspecified atom stereocenters. The van der Waals surface area contributed by atoms with Crippen LogP contribution in [0.25, 0.3) is 0 Å². The maximum Gasteiger partial charge on any atom is 0.347 e. The van der Waals surface area contributed by atoms with Gasteiger partial charge in [-0.3, -0.25) is 0 Å². The van der Waals surface area contributed by atoms with Crippen molar-refractivity contribution in [2.45, 2.75) is 32.3 Å². The molecule has 0 saturated carbocycles. The Balaban J connectivity index is 2.78. The van der Waals surface area contributed by atoms with E-state index in [1.807, 2.05) is 6.92 Å². The lowest BCUT2D eigenvalue weighted by atomic mass is 10.1. The van der Waals surface area contributed by atoms with Crippen molar-refractivity contribution in [3.8, 4) is 5.75 Å². The minimum atomic E-state index is -0.710. The zero-order chi connectivity index (χ0) is 13.5. The minimum absolute atomic E-state index is 0.139. The predicted octanol–water partition coefficient (Wildman–Crippen LogP) is 3.59. The molecule has 1 rings (SSSR count). The molecule has 0 spiro atoms. The first-order valence-corrected chi connectivity index (χ1v) is 6.15. The normalized spacial score (nSPS) is 12.0. The van der Waals surface area contributed by atoms with Gasteiger partial charge in [0.25, 0.3) is 0 Å².